The van der Waals surface area contributed by atoms with E-state index in [9.17, 15) is 24.3 Å². The first-order valence-corrected chi connectivity index (χ1v) is 14.1. The molecule has 4 unspecified atom stereocenters. The van der Waals surface area contributed by atoms with Crippen LogP contribution in [0.25, 0.3) is 0 Å². The maximum Gasteiger partial charge on any atom is 0.326 e. The summed E-state index contributed by atoms with van der Waals surface area (Å²) in [4.78, 5) is 62.7. The number of aliphatic imine (C=N–C) groups is 1. The van der Waals surface area contributed by atoms with Gasteiger partial charge in [-0.15, -0.1) is 0 Å². The number of aliphatic carboxylic acids is 1. The quantitative estimate of drug-likeness (QED) is 0.0553. The van der Waals surface area contributed by atoms with Crippen LogP contribution in [0.2, 0.25) is 0 Å². The fourth-order valence-electron chi connectivity index (χ4n) is 4.41. The summed E-state index contributed by atoms with van der Waals surface area (Å²) in [5.74, 6) is -3.20. The summed E-state index contributed by atoms with van der Waals surface area (Å²) in [6.45, 7) is 0.297. The topological polar surface area (TPSA) is 244 Å². The molecule has 3 amide bonds. The Morgan fingerprint density at radius 3 is 1.80 bits per heavy atom. The van der Waals surface area contributed by atoms with Gasteiger partial charge in [0, 0.05) is 37.7 Å². The Morgan fingerprint density at radius 1 is 0.795 bits per heavy atom. The number of guanidine groups is 1. The lowest BCUT2D eigenvalue weighted by Gasteiger charge is -2.25. The van der Waals surface area contributed by atoms with Gasteiger partial charge in [-0.05, 0) is 24.0 Å². The molecule has 234 valence electrons. The second kappa shape index (κ2) is 17.0. The number of H-pyrrole nitrogens is 1. The molecule has 0 aliphatic carbocycles. The van der Waals surface area contributed by atoms with Crippen molar-refractivity contribution in [3.63, 3.8) is 0 Å². The summed E-state index contributed by atoms with van der Waals surface area (Å²) in [5.41, 5.74) is 18.8. The lowest BCUT2D eigenvalue weighted by molar-refractivity contribution is -0.142. The van der Waals surface area contributed by atoms with Crippen LogP contribution in [0.1, 0.15) is 29.7 Å². The van der Waals surface area contributed by atoms with Crippen LogP contribution in [0, 0.1) is 0 Å². The van der Waals surface area contributed by atoms with Crippen LogP contribution in [-0.4, -0.2) is 75.4 Å². The number of hydrogen-bond donors (Lipinski definition) is 8. The Morgan fingerprint density at radius 2 is 1.32 bits per heavy atom. The van der Waals surface area contributed by atoms with Crippen LogP contribution in [0.15, 0.2) is 78.2 Å². The molecule has 4 atom stereocenters. The molecule has 3 rings (SSSR count). The minimum absolute atomic E-state index is 0.0408. The van der Waals surface area contributed by atoms with E-state index < -0.39 is 47.9 Å². The predicted octanol–water partition coefficient (Wildman–Crippen LogP) is -0.642. The van der Waals surface area contributed by atoms with Crippen LogP contribution in [0.3, 0.4) is 0 Å². The second-order valence-corrected chi connectivity index (χ2v) is 10.2. The van der Waals surface area contributed by atoms with Crippen molar-refractivity contribution in [2.75, 3.05) is 6.54 Å². The molecular weight excluding hydrogens is 566 g/mol. The molecule has 0 radical (unpaired) electrons. The third kappa shape index (κ3) is 11.2. The average Bonchev–Trinajstić information content (AvgIpc) is 3.52. The molecule has 0 fully saturated rings. The first kappa shape index (κ1) is 33.3. The summed E-state index contributed by atoms with van der Waals surface area (Å²) < 4.78 is 0. The van der Waals surface area contributed by atoms with E-state index in [1.807, 2.05) is 24.3 Å². The molecule has 11 N–H and O–H groups in total. The Labute approximate surface area is 254 Å². The Balaban J connectivity index is 1.78. The minimum atomic E-state index is -1.28. The van der Waals surface area contributed by atoms with Gasteiger partial charge >= 0.3 is 5.97 Å². The highest BCUT2D eigenvalue weighted by molar-refractivity contribution is 5.94. The van der Waals surface area contributed by atoms with Gasteiger partial charge in [-0.2, -0.15) is 0 Å². The zero-order valence-electron chi connectivity index (χ0n) is 24.2. The molecule has 1 heterocycles. The van der Waals surface area contributed by atoms with Gasteiger partial charge in [-0.1, -0.05) is 60.7 Å². The van der Waals surface area contributed by atoms with Gasteiger partial charge in [0.05, 0.1) is 12.4 Å². The van der Waals surface area contributed by atoms with Gasteiger partial charge in [0.2, 0.25) is 17.7 Å². The third-order valence-electron chi connectivity index (χ3n) is 6.73. The van der Waals surface area contributed by atoms with Gasteiger partial charge in [-0.25, -0.2) is 9.78 Å². The minimum Gasteiger partial charge on any atom is -0.480 e. The fraction of sp³-hybridized carbons (Fsp3) is 0.333. The monoisotopic (exact) mass is 605 g/mol. The van der Waals surface area contributed by atoms with Crippen molar-refractivity contribution in [1.82, 2.24) is 25.9 Å². The van der Waals surface area contributed by atoms with E-state index in [1.165, 1.54) is 12.5 Å². The number of imidazole rings is 1. The standard InChI is InChI=1S/C30H39N9O5/c31-22(12-7-13-35-30(32)33)26(40)37-23(14-19-8-3-1-4-9-19)27(41)38-24(15-20-10-5-2-6-11-20)28(42)39-25(29(43)44)16-21-17-34-18-36-21/h1-6,8-11,17-18,22-25H,7,12-16,31H2,(H,34,36)(H,37,40)(H,38,41)(H,39,42)(H,43,44)(H4,32,33,35). The lowest BCUT2D eigenvalue weighted by Crippen LogP contribution is -2.58. The van der Waals surface area contributed by atoms with E-state index in [2.05, 4.69) is 30.9 Å². The number of aromatic nitrogens is 2. The van der Waals surface area contributed by atoms with Crippen molar-refractivity contribution in [3.8, 4) is 0 Å². The highest BCUT2D eigenvalue weighted by Crippen LogP contribution is 2.09. The molecule has 0 bridgehead atoms. The maximum absolute atomic E-state index is 13.7. The summed E-state index contributed by atoms with van der Waals surface area (Å²) in [6.07, 6.45) is 3.75. The number of carboxylic acid groups (broad SMARTS) is 1. The zero-order valence-corrected chi connectivity index (χ0v) is 24.2. The third-order valence-corrected chi connectivity index (χ3v) is 6.73. The van der Waals surface area contributed by atoms with Gasteiger partial charge in [-0.3, -0.25) is 19.4 Å². The lowest BCUT2D eigenvalue weighted by atomic mass is 10.0. The average molecular weight is 606 g/mol. The summed E-state index contributed by atoms with van der Waals surface area (Å²) in [7, 11) is 0. The number of carboxylic acids is 1. The van der Waals surface area contributed by atoms with Crippen LogP contribution in [0.4, 0.5) is 0 Å². The Hall–Kier alpha value is -5.24. The van der Waals surface area contributed by atoms with Crippen molar-refractivity contribution in [3.05, 3.63) is 90.0 Å². The van der Waals surface area contributed by atoms with Crippen LogP contribution >= 0.6 is 0 Å². The van der Waals surface area contributed by atoms with E-state index in [0.717, 1.165) is 11.1 Å². The number of carbonyl (C=O) groups is 4. The SMILES string of the molecule is NC(N)=NCCCC(N)C(=O)NC(Cc1ccccc1)C(=O)NC(Cc1ccccc1)C(=O)NC(Cc1cnc[nH]1)C(=O)O. The van der Waals surface area contributed by atoms with Crippen molar-refractivity contribution in [2.24, 2.45) is 22.2 Å². The number of aromatic amines is 1. The maximum atomic E-state index is 13.7. The van der Waals surface area contributed by atoms with Gasteiger partial charge < -0.3 is 43.2 Å². The van der Waals surface area contributed by atoms with Gasteiger partial charge in [0.25, 0.3) is 0 Å². The molecule has 3 aromatic rings. The van der Waals surface area contributed by atoms with E-state index in [1.54, 1.807) is 36.4 Å². The van der Waals surface area contributed by atoms with Crippen molar-refractivity contribution >= 4 is 29.7 Å². The molecule has 1 aromatic heterocycles. The number of carbonyl (C=O) groups excluding carboxylic acids is 3. The molecule has 0 spiro atoms. The molecular formula is C30H39N9O5. The normalized spacial score (nSPS) is 13.5. The summed E-state index contributed by atoms with van der Waals surface area (Å²) in [5, 5.41) is 17.7. The smallest absolute Gasteiger partial charge is 0.326 e. The number of amides is 3. The number of nitrogens with two attached hydrogens (primary N) is 3. The molecule has 14 heteroatoms. The van der Waals surface area contributed by atoms with E-state index >= 15 is 0 Å². The van der Waals surface area contributed by atoms with Crippen molar-refractivity contribution in [2.45, 2.75) is 56.3 Å². The summed E-state index contributed by atoms with van der Waals surface area (Å²) >= 11 is 0. The highest BCUT2D eigenvalue weighted by atomic mass is 16.4. The van der Waals surface area contributed by atoms with Crippen molar-refractivity contribution < 1.29 is 24.3 Å². The highest BCUT2D eigenvalue weighted by Gasteiger charge is 2.31. The molecule has 2 aromatic carbocycles. The Kier molecular flexibility index (Phi) is 12.9. The van der Waals surface area contributed by atoms with Crippen LogP contribution < -0.4 is 33.2 Å². The van der Waals surface area contributed by atoms with Gasteiger partial charge in [0.1, 0.15) is 18.1 Å². The predicted molar refractivity (Wildman–Crippen MR) is 164 cm³/mol. The molecule has 14 nitrogen and oxygen atoms in total. The zero-order chi connectivity index (χ0) is 31.9. The molecule has 0 saturated heterocycles. The molecule has 44 heavy (non-hydrogen) atoms. The number of benzene rings is 2. The first-order valence-electron chi connectivity index (χ1n) is 14.1. The molecule has 0 aliphatic rings. The fourth-order valence-corrected chi connectivity index (χ4v) is 4.41. The largest absolute Gasteiger partial charge is 0.480 e. The molecule has 0 saturated carbocycles. The summed E-state index contributed by atoms with van der Waals surface area (Å²) in [6, 6.07) is 13.6. The van der Waals surface area contributed by atoms with E-state index in [0.29, 0.717) is 18.7 Å². The number of hydrogen-bond acceptors (Lipinski definition) is 7. The van der Waals surface area contributed by atoms with Crippen LogP contribution in [-0.2, 0) is 38.4 Å². The Bertz CT molecular complexity index is 1380. The van der Waals surface area contributed by atoms with Crippen LogP contribution in [0.5, 0.6) is 0 Å². The van der Waals surface area contributed by atoms with E-state index in [-0.39, 0.29) is 31.6 Å². The van der Waals surface area contributed by atoms with Crippen molar-refractivity contribution in [1.29, 1.82) is 0 Å². The first-order chi connectivity index (χ1) is 21.1. The number of rotatable bonds is 17. The van der Waals surface area contributed by atoms with Gasteiger partial charge in [0.15, 0.2) is 5.96 Å². The van der Waals surface area contributed by atoms with E-state index in [4.69, 9.17) is 17.2 Å². The number of nitrogens with one attached hydrogen (secondary N) is 4. The number of nitrogens with zero attached hydrogens (tertiary/aromatic N) is 2. The second-order valence-electron chi connectivity index (χ2n) is 10.2. The molecule has 0 aliphatic heterocycles.